The summed E-state index contributed by atoms with van der Waals surface area (Å²) in [7, 11) is 0. The van der Waals surface area contributed by atoms with E-state index in [1.165, 1.54) is 6.26 Å². The highest BCUT2D eigenvalue weighted by Crippen LogP contribution is 2.45. The van der Waals surface area contributed by atoms with Crippen LogP contribution in [0.25, 0.3) is 0 Å². The van der Waals surface area contributed by atoms with Gasteiger partial charge in [-0.15, -0.1) is 6.42 Å². The Balaban J connectivity index is 1.59. The van der Waals surface area contributed by atoms with Crippen LogP contribution in [0, 0.1) is 18.3 Å². The van der Waals surface area contributed by atoms with Gasteiger partial charge in [-0.1, -0.05) is 18.1 Å². The zero-order valence-corrected chi connectivity index (χ0v) is 13.0. The molecule has 2 heterocycles. The number of terminal acetylenes is 1. The highest BCUT2D eigenvalue weighted by molar-refractivity contribution is 5.97. The largest absolute Gasteiger partial charge is 0.458 e. The van der Waals surface area contributed by atoms with Crippen LogP contribution >= 0.6 is 0 Å². The molecule has 3 atom stereocenters. The van der Waals surface area contributed by atoms with E-state index in [1.807, 2.05) is 18.2 Å². The van der Waals surface area contributed by atoms with Gasteiger partial charge in [0.1, 0.15) is 0 Å². The molecule has 0 bridgehead atoms. The van der Waals surface area contributed by atoms with Crippen molar-refractivity contribution in [2.75, 3.05) is 0 Å². The van der Waals surface area contributed by atoms with Crippen LogP contribution in [-0.2, 0) is 25.5 Å². The summed E-state index contributed by atoms with van der Waals surface area (Å²) in [6, 6.07) is 5.73. The third kappa shape index (κ3) is 2.11. The Morgan fingerprint density at radius 3 is 2.96 bits per heavy atom. The van der Waals surface area contributed by atoms with Crippen molar-refractivity contribution in [2.24, 2.45) is 5.92 Å². The molecule has 1 N–H and O–H groups in total. The first-order valence-electron chi connectivity index (χ1n) is 7.72. The number of ether oxygens (including phenoxy) is 2. The number of benzene rings is 1. The molecular formula is C19H15NO4. The monoisotopic (exact) mass is 321 g/mol. The molecule has 1 saturated heterocycles. The van der Waals surface area contributed by atoms with Crippen LogP contribution in [0.3, 0.4) is 0 Å². The Kier molecular flexibility index (Phi) is 3.20. The van der Waals surface area contributed by atoms with Gasteiger partial charge < -0.3 is 14.8 Å². The van der Waals surface area contributed by atoms with Crippen LogP contribution in [0.5, 0.6) is 0 Å². The lowest BCUT2D eigenvalue weighted by molar-refractivity contribution is -0.152. The summed E-state index contributed by atoms with van der Waals surface area (Å²) in [4.78, 5) is 23.6. The maximum absolute atomic E-state index is 12.3. The van der Waals surface area contributed by atoms with E-state index >= 15 is 0 Å². The molecule has 2 aliphatic heterocycles. The second-order valence-electron chi connectivity index (χ2n) is 6.11. The Morgan fingerprint density at radius 2 is 2.25 bits per heavy atom. The van der Waals surface area contributed by atoms with Gasteiger partial charge in [-0.05, 0) is 30.5 Å². The Labute approximate surface area is 139 Å². The highest BCUT2D eigenvalue weighted by Gasteiger charge is 2.44. The van der Waals surface area contributed by atoms with Gasteiger partial charge in [-0.3, -0.25) is 4.79 Å². The van der Waals surface area contributed by atoms with Crippen molar-refractivity contribution in [3.8, 4) is 12.3 Å². The molecule has 3 aliphatic rings. The third-order valence-electron chi connectivity index (χ3n) is 4.74. The predicted molar refractivity (Wildman–Crippen MR) is 85.3 cm³/mol. The molecule has 5 nitrogen and oxygen atoms in total. The van der Waals surface area contributed by atoms with Gasteiger partial charge in [0.2, 0.25) is 0 Å². The fourth-order valence-electron chi connectivity index (χ4n) is 3.53. The van der Waals surface area contributed by atoms with Gasteiger partial charge in [-0.25, -0.2) is 4.79 Å². The van der Waals surface area contributed by atoms with E-state index in [4.69, 9.17) is 15.9 Å². The maximum Gasteiger partial charge on any atom is 0.336 e. The molecule has 1 amide bonds. The van der Waals surface area contributed by atoms with Crippen molar-refractivity contribution in [1.29, 1.82) is 0 Å². The lowest BCUT2D eigenvalue weighted by Crippen LogP contribution is -2.19. The second-order valence-corrected chi connectivity index (χ2v) is 6.11. The van der Waals surface area contributed by atoms with E-state index in [1.54, 1.807) is 13.0 Å². The summed E-state index contributed by atoms with van der Waals surface area (Å²) in [6.07, 6.45) is 8.48. The molecule has 1 aliphatic carbocycles. The molecule has 0 saturated carbocycles. The number of carbonyl (C=O) groups excluding carboxylic acids is 2. The van der Waals surface area contributed by atoms with Gasteiger partial charge in [0.15, 0.2) is 0 Å². The molecule has 0 spiro atoms. The van der Waals surface area contributed by atoms with E-state index < -0.39 is 12.3 Å². The summed E-state index contributed by atoms with van der Waals surface area (Å²) in [5, 5.41) is 2.99. The van der Waals surface area contributed by atoms with E-state index in [0.29, 0.717) is 17.6 Å². The molecule has 0 radical (unpaired) electrons. The van der Waals surface area contributed by atoms with Crippen molar-refractivity contribution in [3.63, 3.8) is 0 Å². The summed E-state index contributed by atoms with van der Waals surface area (Å²) >= 11 is 0. The quantitative estimate of drug-likeness (QED) is 0.390. The molecule has 5 heteroatoms. The standard InChI is InChI=1S/C19H15NO4/c1-3-11-5-4-6-12-13(11)8-14-15(18(21)20-17(12)14)9-23-16-7-10(2)19(22)24-16/h1,4-7,9,14,16-17H,8H2,2H3,(H,20,21)/b15-9+/t14-,16-,17-/m1/s1. The second kappa shape index (κ2) is 5.27. The lowest BCUT2D eigenvalue weighted by Gasteiger charge is -2.11. The number of cyclic esters (lactones) is 1. The van der Waals surface area contributed by atoms with Crippen LogP contribution in [0.4, 0.5) is 0 Å². The summed E-state index contributed by atoms with van der Waals surface area (Å²) in [5.74, 6) is 2.11. The maximum atomic E-state index is 12.3. The number of hydrogen-bond acceptors (Lipinski definition) is 4. The Bertz CT molecular complexity index is 859. The zero-order chi connectivity index (χ0) is 16.8. The highest BCUT2D eigenvalue weighted by atomic mass is 16.7. The Morgan fingerprint density at radius 1 is 1.42 bits per heavy atom. The van der Waals surface area contributed by atoms with E-state index in [9.17, 15) is 9.59 Å². The molecule has 1 aromatic rings. The third-order valence-corrected chi connectivity index (χ3v) is 4.74. The minimum Gasteiger partial charge on any atom is -0.458 e. The molecule has 1 aromatic carbocycles. The fraction of sp³-hybridized carbons (Fsp3) is 0.263. The molecule has 24 heavy (non-hydrogen) atoms. The van der Waals surface area contributed by atoms with Gasteiger partial charge >= 0.3 is 5.97 Å². The van der Waals surface area contributed by atoms with Crippen molar-refractivity contribution in [2.45, 2.75) is 25.7 Å². The van der Waals surface area contributed by atoms with E-state index in [-0.39, 0.29) is 17.9 Å². The number of amides is 1. The first-order chi connectivity index (χ1) is 11.6. The Hall–Kier alpha value is -3.00. The summed E-state index contributed by atoms with van der Waals surface area (Å²) in [6.45, 7) is 1.66. The van der Waals surface area contributed by atoms with Crippen LogP contribution < -0.4 is 5.32 Å². The van der Waals surface area contributed by atoms with Crippen molar-refractivity contribution in [3.05, 3.63) is 58.4 Å². The number of hydrogen-bond donors (Lipinski definition) is 1. The van der Waals surface area contributed by atoms with E-state index in [2.05, 4.69) is 11.2 Å². The van der Waals surface area contributed by atoms with Crippen LogP contribution in [0.1, 0.15) is 29.7 Å². The first kappa shape index (κ1) is 14.6. The van der Waals surface area contributed by atoms with Crippen LogP contribution in [-0.4, -0.2) is 18.2 Å². The lowest BCUT2D eigenvalue weighted by atomic mass is 9.97. The van der Waals surface area contributed by atoms with Crippen molar-refractivity contribution < 1.29 is 19.1 Å². The number of nitrogens with one attached hydrogen (secondary N) is 1. The summed E-state index contributed by atoms with van der Waals surface area (Å²) in [5.41, 5.74) is 4.08. The minimum atomic E-state index is -0.776. The van der Waals surface area contributed by atoms with Crippen LogP contribution in [0.2, 0.25) is 0 Å². The van der Waals surface area contributed by atoms with Gasteiger partial charge in [0, 0.05) is 23.1 Å². The normalized spacial score (nSPS) is 28.8. The van der Waals surface area contributed by atoms with Crippen LogP contribution in [0.15, 0.2) is 41.7 Å². The zero-order valence-electron chi connectivity index (χ0n) is 13.0. The van der Waals surface area contributed by atoms with Gasteiger partial charge in [0.25, 0.3) is 12.2 Å². The minimum absolute atomic E-state index is 0.0239. The number of rotatable bonds is 2. The molecule has 4 rings (SSSR count). The number of esters is 1. The molecule has 0 unspecified atom stereocenters. The molecule has 1 fully saturated rings. The topological polar surface area (TPSA) is 64.6 Å². The number of fused-ring (bicyclic) bond motifs is 3. The van der Waals surface area contributed by atoms with E-state index in [0.717, 1.165) is 16.7 Å². The molecular weight excluding hydrogens is 306 g/mol. The number of carbonyl (C=O) groups is 2. The fourth-order valence-corrected chi connectivity index (χ4v) is 3.53. The summed E-state index contributed by atoms with van der Waals surface area (Å²) < 4.78 is 10.5. The SMILES string of the molecule is C#Cc1cccc2c1C[C@@H]1/C(=C\O[C@H]3C=C(C)C(=O)O3)C(=O)N[C@H]21. The van der Waals surface area contributed by atoms with Crippen molar-refractivity contribution >= 4 is 11.9 Å². The molecule has 0 aromatic heterocycles. The first-order valence-corrected chi connectivity index (χ1v) is 7.72. The van der Waals surface area contributed by atoms with Gasteiger partial charge in [-0.2, -0.15) is 0 Å². The average molecular weight is 321 g/mol. The van der Waals surface area contributed by atoms with Crippen molar-refractivity contribution in [1.82, 2.24) is 5.32 Å². The predicted octanol–water partition coefficient (Wildman–Crippen LogP) is 1.74. The average Bonchev–Trinajstić information content (AvgIpc) is 3.18. The molecule has 120 valence electrons. The smallest absolute Gasteiger partial charge is 0.336 e. The van der Waals surface area contributed by atoms with Gasteiger partial charge in [0.05, 0.1) is 17.9 Å².